The van der Waals surface area contributed by atoms with Crippen molar-refractivity contribution < 1.29 is 13.9 Å². The largest absolute Gasteiger partial charge is 0.494 e. The van der Waals surface area contributed by atoms with Gasteiger partial charge in [-0.25, -0.2) is 4.39 Å². The van der Waals surface area contributed by atoms with Crippen molar-refractivity contribution >= 4 is 28.9 Å². The summed E-state index contributed by atoms with van der Waals surface area (Å²) in [7, 11) is 1.92. The number of anilines is 2. The van der Waals surface area contributed by atoms with Crippen LogP contribution in [0.2, 0.25) is 0 Å². The summed E-state index contributed by atoms with van der Waals surface area (Å²) < 4.78 is 20.3. The molecule has 1 aliphatic heterocycles. The summed E-state index contributed by atoms with van der Waals surface area (Å²) in [5.41, 5.74) is 2.96. The smallest absolute Gasteiger partial charge is 0.266 e. The highest BCUT2D eigenvalue weighted by Gasteiger charge is 2.29. The Morgan fingerprint density at radius 2 is 1.97 bits per heavy atom. The Bertz CT molecular complexity index is 1110. The number of hydrogen-bond acceptors (Lipinski definition) is 4. The number of nitrogens with zero attached hydrogens (tertiary/aromatic N) is 2. The van der Waals surface area contributed by atoms with Crippen LogP contribution in [0.1, 0.15) is 38.8 Å². The van der Waals surface area contributed by atoms with Gasteiger partial charge in [-0.15, -0.1) is 0 Å². The summed E-state index contributed by atoms with van der Waals surface area (Å²) in [6.07, 6.45) is 3.40. The van der Waals surface area contributed by atoms with E-state index < -0.39 is 11.7 Å². The Balaban J connectivity index is 1.90. The van der Waals surface area contributed by atoms with Crippen LogP contribution < -0.4 is 15.0 Å². The van der Waals surface area contributed by atoms with E-state index in [0.717, 1.165) is 16.8 Å². The number of ether oxygens (including phenoxy) is 1. The molecule has 0 bridgehead atoms. The van der Waals surface area contributed by atoms with Crippen LogP contribution in [0.5, 0.6) is 5.75 Å². The number of halogens is 1. The van der Waals surface area contributed by atoms with Crippen LogP contribution in [-0.4, -0.2) is 25.1 Å². The van der Waals surface area contributed by atoms with Gasteiger partial charge in [-0.1, -0.05) is 6.08 Å². The van der Waals surface area contributed by atoms with E-state index in [0.29, 0.717) is 18.0 Å². The highest BCUT2D eigenvalue weighted by Crippen LogP contribution is 2.39. The van der Waals surface area contributed by atoms with E-state index in [-0.39, 0.29) is 16.7 Å². The summed E-state index contributed by atoms with van der Waals surface area (Å²) >= 11 is 0. The molecule has 2 aromatic rings. The summed E-state index contributed by atoms with van der Waals surface area (Å²) in [5.74, 6) is -0.406. The molecule has 6 heteroatoms. The number of hydrogen-bond donors (Lipinski definition) is 1. The van der Waals surface area contributed by atoms with Gasteiger partial charge >= 0.3 is 0 Å². The van der Waals surface area contributed by atoms with Crippen molar-refractivity contribution in [1.82, 2.24) is 0 Å². The molecule has 0 fully saturated rings. The summed E-state index contributed by atoms with van der Waals surface area (Å²) in [4.78, 5) is 14.6. The molecule has 160 valence electrons. The number of allylic oxidation sites excluding steroid dienone is 1. The molecule has 0 saturated heterocycles. The normalized spacial score (nSPS) is 14.9. The maximum atomic E-state index is 14.9. The molecule has 31 heavy (non-hydrogen) atoms. The maximum Gasteiger partial charge on any atom is 0.266 e. The minimum atomic E-state index is -0.603. The topological polar surface area (TPSA) is 65.4 Å². The number of nitrogens with one attached hydrogen (secondary N) is 1. The summed E-state index contributed by atoms with van der Waals surface area (Å²) in [5, 5.41) is 12.2. The van der Waals surface area contributed by atoms with E-state index in [4.69, 9.17) is 4.74 Å². The average molecular weight is 420 g/mol. The molecular formula is C25H26FN3O2. The molecular weight excluding hydrogens is 393 g/mol. The van der Waals surface area contributed by atoms with Gasteiger partial charge in [0.1, 0.15) is 23.2 Å². The van der Waals surface area contributed by atoms with Crippen LogP contribution in [0.3, 0.4) is 0 Å². The lowest BCUT2D eigenvalue weighted by atomic mass is 9.88. The number of likely N-dealkylation sites (N-methyl/N-ethyl adjacent to an activating group) is 1. The molecule has 0 unspecified atom stereocenters. The van der Waals surface area contributed by atoms with E-state index in [2.05, 4.69) is 25.2 Å². The molecule has 2 aromatic carbocycles. The van der Waals surface area contributed by atoms with Gasteiger partial charge in [0.2, 0.25) is 0 Å². The molecule has 1 N–H and O–H groups in total. The Morgan fingerprint density at radius 3 is 2.58 bits per heavy atom. The SMILES string of the molecule is CCOc1ccc(NC(=O)/C(C#N)=C/c2cc3c(cc2F)N(C)C(C)(C)C=C3C)cc1. The molecule has 1 aliphatic rings. The summed E-state index contributed by atoms with van der Waals surface area (Å²) in [6, 6.07) is 11.8. The number of fused-ring (bicyclic) bond motifs is 1. The maximum absolute atomic E-state index is 14.9. The fourth-order valence-electron chi connectivity index (χ4n) is 3.60. The Morgan fingerprint density at radius 1 is 1.29 bits per heavy atom. The van der Waals surface area contributed by atoms with Gasteiger partial charge in [0, 0.05) is 29.5 Å². The van der Waals surface area contributed by atoms with Crippen molar-refractivity contribution in [3.8, 4) is 11.8 Å². The first kappa shape index (κ1) is 22.1. The molecule has 3 rings (SSSR count). The third-order valence-corrected chi connectivity index (χ3v) is 5.42. The average Bonchev–Trinajstić information content (AvgIpc) is 2.72. The van der Waals surface area contributed by atoms with Crippen LogP contribution in [-0.2, 0) is 4.79 Å². The van der Waals surface area contributed by atoms with E-state index >= 15 is 0 Å². The van der Waals surface area contributed by atoms with Gasteiger partial charge < -0.3 is 15.0 Å². The monoisotopic (exact) mass is 419 g/mol. The first-order valence-electron chi connectivity index (χ1n) is 10.1. The van der Waals surface area contributed by atoms with Crippen LogP contribution >= 0.6 is 0 Å². The lowest BCUT2D eigenvalue weighted by molar-refractivity contribution is -0.112. The third kappa shape index (κ3) is 4.61. The van der Waals surface area contributed by atoms with Crippen LogP contribution in [0.4, 0.5) is 15.8 Å². The molecule has 0 saturated carbocycles. The molecule has 0 atom stereocenters. The lowest BCUT2D eigenvalue weighted by Gasteiger charge is -2.40. The number of carbonyl (C=O) groups excluding carboxylic acids is 1. The fourth-order valence-corrected chi connectivity index (χ4v) is 3.60. The molecule has 0 spiro atoms. The summed E-state index contributed by atoms with van der Waals surface area (Å²) in [6.45, 7) is 8.52. The highest BCUT2D eigenvalue weighted by atomic mass is 19.1. The van der Waals surface area contributed by atoms with Crippen molar-refractivity contribution in [2.75, 3.05) is 23.9 Å². The number of nitriles is 1. The molecule has 0 aliphatic carbocycles. The van der Waals surface area contributed by atoms with Gasteiger partial charge in [0.15, 0.2) is 0 Å². The van der Waals surface area contributed by atoms with E-state index in [1.54, 1.807) is 30.3 Å². The predicted molar refractivity (Wildman–Crippen MR) is 122 cm³/mol. The van der Waals surface area contributed by atoms with Crippen molar-refractivity contribution in [1.29, 1.82) is 5.26 Å². The Kier molecular flexibility index (Phi) is 6.16. The Labute approximate surface area is 182 Å². The van der Waals surface area contributed by atoms with Gasteiger partial charge in [0.25, 0.3) is 5.91 Å². The van der Waals surface area contributed by atoms with Crippen molar-refractivity contribution in [2.45, 2.75) is 33.2 Å². The van der Waals surface area contributed by atoms with Crippen molar-refractivity contribution in [2.24, 2.45) is 0 Å². The Hall–Kier alpha value is -3.59. The predicted octanol–water partition coefficient (Wildman–Crippen LogP) is 5.40. The number of benzene rings is 2. The van der Waals surface area contributed by atoms with Gasteiger partial charge in [-0.2, -0.15) is 5.26 Å². The molecule has 0 aromatic heterocycles. The second-order valence-electron chi connectivity index (χ2n) is 8.01. The molecule has 5 nitrogen and oxygen atoms in total. The van der Waals surface area contributed by atoms with Gasteiger partial charge in [0.05, 0.1) is 12.1 Å². The minimum absolute atomic E-state index is 0.182. The zero-order valence-electron chi connectivity index (χ0n) is 18.4. The van der Waals surface area contributed by atoms with Gasteiger partial charge in [-0.05, 0) is 75.7 Å². The van der Waals surface area contributed by atoms with Crippen LogP contribution in [0, 0.1) is 17.1 Å². The van der Waals surface area contributed by atoms with Crippen molar-refractivity contribution in [3.05, 3.63) is 65.0 Å². The number of amides is 1. The number of carbonyl (C=O) groups is 1. The first-order valence-corrected chi connectivity index (χ1v) is 10.1. The zero-order chi connectivity index (χ0) is 22.8. The van der Waals surface area contributed by atoms with E-state index in [1.165, 1.54) is 12.1 Å². The second-order valence-corrected chi connectivity index (χ2v) is 8.01. The first-order chi connectivity index (χ1) is 14.7. The highest BCUT2D eigenvalue weighted by molar-refractivity contribution is 6.09. The fraction of sp³-hybridized carbons (Fsp3) is 0.280. The van der Waals surface area contributed by atoms with Gasteiger partial charge in [-0.3, -0.25) is 4.79 Å². The second kappa shape index (κ2) is 8.65. The zero-order valence-corrected chi connectivity index (χ0v) is 18.4. The van der Waals surface area contributed by atoms with Crippen LogP contribution in [0.25, 0.3) is 11.6 Å². The molecule has 1 amide bonds. The van der Waals surface area contributed by atoms with E-state index in [9.17, 15) is 14.4 Å². The quantitative estimate of drug-likeness (QED) is 0.520. The minimum Gasteiger partial charge on any atom is -0.494 e. The molecule has 1 heterocycles. The number of rotatable bonds is 5. The molecule has 0 radical (unpaired) electrons. The van der Waals surface area contributed by atoms with Crippen LogP contribution in [0.15, 0.2) is 48.0 Å². The lowest BCUT2D eigenvalue weighted by Crippen LogP contribution is -2.42. The van der Waals surface area contributed by atoms with Crippen molar-refractivity contribution in [3.63, 3.8) is 0 Å². The standard InChI is InChI=1S/C25H26FN3O2/c1-6-31-20-9-7-19(8-10-20)28-24(30)18(15-27)11-17-12-21-16(2)14-25(3,4)29(5)23(21)13-22(17)26/h7-14H,6H2,1-5H3,(H,28,30)/b18-11+. The third-order valence-electron chi connectivity index (χ3n) is 5.42. The van der Waals surface area contributed by atoms with E-state index in [1.807, 2.05) is 31.9 Å².